The third kappa shape index (κ3) is 8.79. The number of aldehydes is 1. The van der Waals surface area contributed by atoms with Crippen molar-refractivity contribution in [3.8, 4) is 11.5 Å². The van der Waals surface area contributed by atoms with Crippen molar-refractivity contribution in [1.82, 2.24) is 19.8 Å². The normalized spacial score (nSPS) is 12.4. The first-order valence-corrected chi connectivity index (χ1v) is 14.9. The number of aliphatic hydroxyl groups is 8. The number of hydrogen-bond donors (Lipinski definition) is 10. The fourth-order valence-electron chi connectivity index (χ4n) is 4.54. The van der Waals surface area contributed by atoms with Gasteiger partial charge >= 0.3 is 0 Å². The van der Waals surface area contributed by atoms with Crippen molar-refractivity contribution in [3.63, 3.8) is 0 Å². The van der Waals surface area contributed by atoms with Crippen molar-refractivity contribution < 1.29 is 64.7 Å². The number of ether oxygens (including phenoxy) is 3. The van der Waals surface area contributed by atoms with Gasteiger partial charge in [0.2, 0.25) is 0 Å². The topological polar surface area (TPSA) is 262 Å². The lowest BCUT2D eigenvalue weighted by Gasteiger charge is -2.38. The predicted octanol–water partition coefficient (Wildman–Crippen LogP) is -0.444. The van der Waals surface area contributed by atoms with Crippen LogP contribution in [0.3, 0.4) is 0 Å². The molecule has 2 aromatic carbocycles. The number of nitrogens with one attached hydrogen (secondary N) is 2. The van der Waals surface area contributed by atoms with Crippen LogP contribution in [-0.2, 0) is 25.9 Å². The lowest BCUT2D eigenvalue weighted by Crippen LogP contribution is -2.60. The Labute approximate surface area is 282 Å². The molecule has 0 atom stereocenters. The number of benzene rings is 2. The number of fused-ring (bicyclic) bond motifs is 2. The standard InChI is InChI=1S/C13H16N2O6.C13H18N2O5.C6H12O2/c1-15(2)13(19,20)12(17,18)8-6-14-9-4-3-5-10(11(8)9)21-7-16;1-15(2)13(18,19)12(16,17)8-7-14-9-5-4-6-10(20-3)11(8)9;1-2-5-8-6-3-4-7/h3-7,14,17-20H,1-2H3;4-7,14,16-19H,1-3H3;4H,2-3,5-6H2,1H3. The molecule has 0 spiro atoms. The van der Waals surface area contributed by atoms with Crippen molar-refractivity contribution >= 4 is 34.6 Å². The molecule has 17 nitrogen and oxygen atoms in total. The van der Waals surface area contributed by atoms with Crippen LogP contribution in [0.1, 0.15) is 30.9 Å². The Kier molecular flexibility index (Phi) is 14.4. The van der Waals surface area contributed by atoms with Crippen molar-refractivity contribution in [1.29, 1.82) is 0 Å². The van der Waals surface area contributed by atoms with Gasteiger partial charge in [0.05, 0.1) is 24.5 Å². The zero-order valence-electron chi connectivity index (χ0n) is 28.1. The Morgan fingerprint density at radius 2 is 1.16 bits per heavy atom. The first kappa shape index (κ1) is 41.2. The Hall–Kier alpha value is -3.98. The summed E-state index contributed by atoms with van der Waals surface area (Å²) < 4.78 is 15.0. The summed E-state index contributed by atoms with van der Waals surface area (Å²) in [6.45, 7) is 3.59. The van der Waals surface area contributed by atoms with Gasteiger partial charge in [-0.3, -0.25) is 14.6 Å². The van der Waals surface area contributed by atoms with Crippen LogP contribution < -0.4 is 9.47 Å². The highest BCUT2D eigenvalue weighted by Gasteiger charge is 2.53. The van der Waals surface area contributed by atoms with Gasteiger partial charge in [-0.2, -0.15) is 0 Å². The van der Waals surface area contributed by atoms with Gasteiger partial charge in [0.1, 0.15) is 17.8 Å². The number of likely N-dealkylation sites (N-methyl/N-ethyl adjacent to an activating group) is 2. The largest absolute Gasteiger partial charge is 0.496 e. The molecule has 49 heavy (non-hydrogen) atoms. The van der Waals surface area contributed by atoms with Gasteiger partial charge in [-0.05, 0) is 58.9 Å². The Bertz CT molecular complexity index is 1640. The van der Waals surface area contributed by atoms with E-state index in [1.807, 2.05) is 6.92 Å². The fourth-order valence-corrected chi connectivity index (χ4v) is 4.54. The molecular formula is C32H46N4O13. The number of carbonyl (C=O) groups excluding carboxylic acids is 2. The van der Waals surface area contributed by atoms with Crippen LogP contribution in [0.4, 0.5) is 0 Å². The lowest BCUT2D eigenvalue weighted by molar-refractivity contribution is -0.413. The lowest BCUT2D eigenvalue weighted by atomic mass is 10.00. The summed E-state index contributed by atoms with van der Waals surface area (Å²) >= 11 is 0. The van der Waals surface area contributed by atoms with Gasteiger partial charge in [0.25, 0.3) is 29.9 Å². The third-order valence-corrected chi connectivity index (χ3v) is 7.39. The number of methoxy groups -OCH3 is 1. The van der Waals surface area contributed by atoms with E-state index in [0.717, 1.165) is 29.1 Å². The molecule has 0 amide bonds. The minimum atomic E-state index is -3.03. The molecule has 0 saturated heterocycles. The summed E-state index contributed by atoms with van der Waals surface area (Å²) in [6, 6.07) is 9.73. The highest BCUT2D eigenvalue weighted by molar-refractivity contribution is 5.91. The molecule has 0 aliphatic rings. The maximum absolute atomic E-state index is 10.5. The van der Waals surface area contributed by atoms with Crippen LogP contribution >= 0.6 is 0 Å². The Balaban J connectivity index is 0.000000280. The molecule has 0 fully saturated rings. The molecule has 17 heteroatoms. The van der Waals surface area contributed by atoms with Gasteiger partial charge in [0, 0.05) is 47.6 Å². The van der Waals surface area contributed by atoms with Gasteiger partial charge in [-0.15, -0.1) is 0 Å². The zero-order chi connectivity index (χ0) is 37.2. The molecule has 0 saturated carbocycles. The van der Waals surface area contributed by atoms with E-state index in [4.69, 9.17) is 14.2 Å². The van der Waals surface area contributed by atoms with E-state index in [9.17, 15) is 50.4 Å². The second-order valence-electron chi connectivity index (χ2n) is 11.2. The summed E-state index contributed by atoms with van der Waals surface area (Å²) in [4.78, 5) is 27.5. The van der Waals surface area contributed by atoms with Gasteiger partial charge in [-0.1, -0.05) is 19.1 Å². The van der Waals surface area contributed by atoms with Crippen molar-refractivity contribution in [2.75, 3.05) is 48.5 Å². The number of nitrogens with zero attached hydrogens (tertiary/aromatic N) is 2. The minimum Gasteiger partial charge on any atom is -0.496 e. The van der Waals surface area contributed by atoms with E-state index in [2.05, 4.69) is 9.97 Å². The molecule has 0 bridgehead atoms. The van der Waals surface area contributed by atoms with Crippen LogP contribution in [0.5, 0.6) is 11.5 Å². The summed E-state index contributed by atoms with van der Waals surface area (Å²) in [7, 11) is 6.59. The van der Waals surface area contributed by atoms with Crippen LogP contribution in [0.25, 0.3) is 21.8 Å². The molecule has 0 aliphatic heterocycles. The maximum atomic E-state index is 10.5. The molecule has 0 unspecified atom stereocenters. The van der Waals surface area contributed by atoms with Crippen LogP contribution in [0, 0.1) is 0 Å². The van der Waals surface area contributed by atoms with Crippen LogP contribution in [0.2, 0.25) is 0 Å². The summed E-state index contributed by atoms with van der Waals surface area (Å²) in [5, 5.41) is 81.2. The molecule has 2 heterocycles. The molecule has 2 aromatic heterocycles. The highest BCUT2D eigenvalue weighted by atomic mass is 16.6. The number of aromatic amines is 2. The van der Waals surface area contributed by atoms with Gasteiger partial charge in [0.15, 0.2) is 0 Å². The van der Waals surface area contributed by atoms with Crippen LogP contribution in [-0.4, -0.2) is 134 Å². The summed E-state index contributed by atoms with van der Waals surface area (Å²) in [6.07, 6.45) is 4.93. The Morgan fingerprint density at radius 3 is 1.55 bits per heavy atom. The number of aromatic nitrogens is 2. The predicted molar refractivity (Wildman–Crippen MR) is 176 cm³/mol. The van der Waals surface area contributed by atoms with Crippen molar-refractivity contribution in [3.05, 3.63) is 59.9 Å². The zero-order valence-corrected chi connectivity index (χ0v) is 28.1. The fraction of sp³-hybridized carbons (Fsp3) is 0.438. The molecule has 0 aliphatic carbocycles. The average Bonchev–Trinajstić information content (AvgIpc) is 3.70. The molecule has 272 valence electrons. The molecule has 10 N–H and O–H groups in total. The second-order valence-corrected chi connectivity index (χ2v) is 11.2. The third-order valence-electron chi connectivity index (χ3n) is 7.39. The van der Waals surface area contributed by atoms with E-state index >= 15 is 0 Å². The molecule has 4 rings (SSSR count). The van der Waals surface area contributed by atoms with Crippen molar-refractivity contribution in [2.45, 2.75) is 43.2 Å². The SMILES string of the molecule is CCCOCCC=O.CN(C)C(O)(O)C(O)(O)c1c[nH]c2cccc(OC=O)c12.COc1cccc2[nH]cc(C(O)(O)C(O)(O)N(C)C)c12. The van der Waals surface area contributed by atoms with E-state index in [-0.39, 0.29) is 28.7 Å². The highest BCUT2D eigenvalue weighted by Crippen LogP contribution is 2.40. The van der Waals surface area contributed by atoms with E-state index in [0.29, 0.717) is 35.2 Å². The van der Waals surface area contributed by atoms with E-state index in [1.54, 1.807) is 30.3 Å². The average molecular weight is 695 g/mol. The van der Waals surface area contributed by atoms with Gasteiger partial charge < -0.3 is 69.8 Å². The molecular weight excluding hydrogens is 648 g/mol. The van der Waals surface area contributed by atoms with Crippen LogP contribution in [0.15, 0.2) is 48.8 Å². The monoisotopic (exact) mass is 694 g/mol. The number of H-pyrrole nitrogens is 2. The first-order chi connectivity index (χ1) is 22.9. The Morgan fingerprint density at radius 1 is 0.714 bits per heavy atom. The summed E-state index contributed by atoms with van der Waals surface area (Å²) in [5.74, 6) is -11.3. The van der Waals surface area contributed by atoms with Crippen molar-refractivity contribution in [2.24, 2.45) is 0 Å². The minimum absolute atomic E-state index is 0.0563. The van der Waals surface area contributed by atoms with Gasteiger partial charge in [-0.25, -0.2) is 0 Å². The first-order valence-electron chi connectivity index (χ1n) is 14.9. The number of rotatable bonds is 14. The summed E-state index contributed by atoms with van der Waals surface area (Å²) in [5.41, 5.74) is 0.685. The second kappa shape index (κ2) is 17.1. The van der Waals surface area contributed by atoms with E-state index in [1.165, 1.54) is 53.8 Å². The molecule has 0 radical (unpaired) electrons. The number of hydrogen-bond acceptors (Lipinski definition) is 15. The quantitative estimate of drug-likeness (QED) is 0.0456. The number of carbonyl (C=O) groups is 2. The molecule has 4 aromatic rings. The maximum Gasteiger partial charge on any atom is 0.298 e. The smallest absolute Gasteiger partial charge is 0.298 e. The van der Waals surface area contributed by atoms with E-state index < -0.39 is 23.4 Å².